The van der Waals surface area contributed by atoms with Crippen molar-refractivity contribution in [2.75, 3.05) is 0 Å². The van der Waals surface area contributed by atoms with Crippen molar-refractivity contribution >= 4 is 15.9 Å². The van der Waals surface area contributed by atoms with Crippen molar-refractivity contribution in [1.29, 1.82) is 0 Å². The van der Waals surface area contributed by atoms with E-state index in [1.54, 1.807) is 6.33 Å². The van der Waals surface area contributed by atoms with Gasteiger partial charge in [-0.1, -0.05) is 0 Å². The van der Waals surface area contributed by atoms with Gasteiger partial charge in [0.05, 0.1) is 5.69 Å². The van der Waals surface area contributed by atoms with Crippen molar-refractivity contribution < 1.29 is 0 Å². The molecule has 4 heteroatoms. The highest BCUT2D eigenvalue weighted by atomic mass is 79.9. The minimum absolute atomic E-state index is 0.911. The van der Waals surface area contributed by atoms with Crippen LogP contribution in [0, 0.1) is 20.8 Å². The summed E-state index contributed by atoms with van der Waals surface area (Å²) in [7, 11) is 0. The maximum absolute atomic E-state index is 4.36. The minimum Gasteiger partial charge on any atom is -0.287 e. The third-order valence-corrected chi connectivity index (χ3v) is 3.36. The molecule has 0 saturated heterocycles. The minimum atomic E-state index is 0.911. The maximum atomic E-state index is 4.36. The van der Waals surface area contributed by atoms with E-state index in [2.05, 4.69) is 25.9 Å². The molecular formula is C11H12BrN3. The molecule has 2 aromatic heterocycles. The predicted molar refractivity (Wildman–Crippen MR) is 63.3 cm³/mol. The largest absolute Gasteiger partial charge is 0.287 e. The first-order valence-electron chi connectivity index (χ1n) is 4.72. The molecule has 3 nitrogen and oxygen atoms in total. The topological polar surface area (TPSA) is 30.7 Å². The second kappa shape index (κ2) is 3.77. The molecule has 0 aliphatic carbocycles. The summed E-state index contributed by atoms with van der Waals surface area (Å²) < 4.78 is 3.02. The van der Waals surface area contributed by atoms with Gasteiger partial charge in [0, 0.05) is 16.4 Å². The van der Waals surface area contributed by atoms with Crippen LogP contribution < -0.4 is 0 Å². The summed E-state index contributed by atoms with van der Waals surface area (Å²) in [6, 6.07) is 2.04. The van der Waals surface area contributed by atoms with E-state index in [-0.39, 0.29) is 0 Å². The smallest absolute Gasteiger partial charge is 0.138 e. The second-order valence-corrected chi connectivity index (χ2v) is 4.43. The molecule has 0 fully saturated rings. The Balaban J connectivity index is 2.55. The molecule has 0 aromatic carbocycles. The fourth-order valence-corrected chi connectivity index (χ4v) is 1.60. The van der Waals surface area contributed by atoms with Crippen LogP contribution in [-0.2, 0) is 0 Å². The molecular weight excluding hydrogens is 254 g/mol. The summed E-state index contributed by atoms with van der Waals surface area (Å²) in [5, 5.41) is 0. The Bertz CT molecular complexity index is 503. The van der Waals surface area contributed by atoms with E-state index in [1.807, 2.05) is 37.6 Å². The van der Waals surface area contributed by atoms with E-state index < -0.39 is 0 Å². The molecule has 2 aromatic rings. The molecule has 0 unspecified atom stereocenters. The summed E-state index contributed by atoms with van der Waals surface area (Å²) >= 11 is 3.44. The molecule has 2 heterocycles. The third kappa shape index (κ3) is 1.81. The Morgan fingerprint density at radius 1 is 1.20 bits per heavy atom. The lowest BCUT2D eigenvalue weighted by molar-refractivity contribution is 0.944. The molecule has 0 radical (unpaired) electrons. The Labute approximate surface area is 97.3 Å². The molecule has 15 heavy (non-hydrogen) atoms. The van der Waals surface area contributed by atoms with Gasteiger partial charge in [0.2, 0.25) is 0 Å². The van der Waals surface area contributed by atoms with E-state index in [1.165, 1.54) is 5.56 Å². The van der Waals surface area contributed by atoms with Gasteiger partial charge in [-0.2, -0.15) is 0 Å². The SMILES string of the molecule is Cc1cc(-n2cnc(C)c2C)ncc1Br. The van der Waals surface area contributed by atoms with Crippen LogP contribution >= 0.6 is 15.9 Å². The van der Waals surface area contributed by atoms with Crippen molar-refractivity contribution in [3.8, 4) is 5.82 Å². The first-order valence-corrected chi connectivity index (χ1v) is 5.52. The van der Waals surface area contributed by atoms with Gasteiger partial charge < -0.3 is 0 Å². The normalized spacial score (nSPS) is 10.7. The van der Waals surface area contributed by atoms with Gasteiger partial charge in [0.1, 0.15) is 12.1 Å². The van der Waals surface area contributed by atoms with Gasteiger partial charge in [-0.05, 0) is 48.3 Å². The average molecular weight is 266 g/mol. The Kier molecular flexibility index (Phi) is 2.61. The van der Waals surface area contributed by atoms with Crippen LogP contribution in [0.15, 0.2) is 23.1 Å². The summed E-state index contributed by atoms with van der Waals surface area (Å²) in [6.45, 7) is 6.09. The van der Waals surface area contributed by atoms with Crippen molar-refractivity contribution in [2.24, 2.45) is 0 Å². The number of aryl methyl sites for hydroxylation is 2. The first kappa shape index (κ1) is 10.4. The number of halogens is 1. The highest BCUT2D eigenvalue weighted by Gasteiger charge is 2.06. The van der Waals surface area contributed by atoms with Gasteiger partial charge in [0.15, 0.2) is 0 Å². The summed E-state index contributed by atoms with van der Waals surface area (Å²) in [4.78, 5) is 8.62. The van der Waals surface area contributed by atoms with E-state index >= 15 is 0 Å². The van der Waals surface area contributed by atoms with Gasteiger partial charge in [-0.3, -0.25) is 4.57 Å². The van der Waals surface area contributed by atoms with Crippen LogP contribution in [0.3, 0.4) is 0 Å². The number of imidazole rings is 1. The van der Waals surface area contributed by atoms with Crippen LogP contribution in [-0.4, -0.2) is 14.5 Å². The lowest BCUT2D eigenvalue weighted by atomic mass is 10.3. The summed E-state index contributed by atoms with van der Waals surface area (Å²) in [5.74, 6) is 0.911. The molecule has 0 aliphatic heterocycles. The van der Waals surface area contributed by atoms with E-state index in [9.17, 15) is 0 Å². The van der Waals surface area contributed by atoms with Crippen LogP contribution in [0.4, 0.5) is 0 Å². The number of pyridine rings is 1. The van der Waals surface area contributed by atoms with Crippen LogP contribution in [0.5, 0.6) is 0 Å². The predicted octanol–water partition coefficient (Wildman–Crippen LogP) is 2.96. The standard InChI is InChI=1S/C11H12BrN3/c1-7-4-11(13-5-10(7)12)15-6-14-8(2)9(15)3/h4-6H,1-3H3. The fourth-order valence-electron chi connectivity index (χ4n) is 1.39. The van der Waals surface area contributed by atoms with Gasteiger partial charge >= 0.3 is 0 Å². The zero-order chi connectivity index (χ0) is 11.0. The lowest BCUT2D eigenvalue weighted by Gasteiger charge is -2.06. The second-order valence-electron chi connectivity index (χ2n) is 3.58. The number of nitrogens with zero attached hydrogens (tertiary/aromatic N) is 3. The van der Waals surface area contributed by atoms with Crippen molar-refractivity contribution in [3.05, 3.63) is 40.0 Å². The van der Waals surface area contributed by atoms with Gasteiger partial charge in [-0.15, -0.1) is 0 Å². The highest BCUT2D eigenvalue weighted by Crippen LogP contribution is 2.18. The quantitative estimate of drug-likeness (QED) is 0.794. The monoisotopic (exact) mass is 265 g/mol. The third-order valence-electron chi connectivity index (χ3n) is 2.53. The Morgan fingerprint density at radius 3 is 2.47 bits per heavy atom. The van der Waals surface area contributed by atoms with Crippen LogP contribution in [0.2, 0.25) is 0 Å². The molecule has 2 rings (SSSR count). The lowest BCUT2D eigenvalue weighted by Crippen LogP contribution is -1.99. The Hall–Kier alpha value is -1.16. The van der Waals surface area contributed by atoms with Crippen molar-refractivity contribution in [1.82, 2.24) is 14.5 Å². The molecule has 0 bridgehead atoms. The van der Waals surface area contributed by atoms with Crippen molar-refractivity contribution in [3.63, 3.8) is 0 Å². The average Bonchev–Trinajstić information content (AvgIpc) is 2.53. The van der Waals surface area contributed by atoms with E-state index in [0.717, 1.165) is 21.7 Å². The zero-order valence-corrected chi connectivity index (χ0v) is 10.5. The van der Waals surface area contributed by atoms with Gasteiger partial charge in [-0.25, -0.2) is 9.97 Å². The molecule has 0 atom stereocenters. The fraction of sp³-hybridized carbons (Fsp3) is 0.273. The number of hydrogen-bond acceptors (Lipinski definition) is 2. The number of hydrogen-bond donors (Lipinski definition) is 0. The molecule has 0 saturated carbocycles. The van der Waals surface area contributed by atoms with E-state index in [4.69, 9.17) is 0 Å². The van der Waals surface area contributed by atoms with Crippen LogP contribution in [0.1, 0.15) is 17.0 Å². The molecule has 0 N–H and O–H groups in total. The molecule has 0 spiro atoms. The van der Waals surface area contributed by atoms with Crippen molar-refractivity contribution in [2.45, 2.75) is 20.8 Å². The maximum Gasteiger partial charge on any atom is 0.138 e. The highest BCUT2D eigenvalue weighted by molar-refractivity contribution is 9.10. The van der Waals surface area contributed by atoms with Crippen LogP contribution in [0.25, 0.3) is 5.82 Å². The summed E-state index contributed by atoms with van der Waals surface area (Å²) in [6.07, 6.45) is 3.62. The van der Waals surface area contributed by atoms with E-state index in [0.29, 0.717) is 0 Å². The van der Waals surface area contributed by atoms with Gasteiger partial charge in [0.25, 0.3) is 0 Å². The molecule has 0 aliphatic rings. The molecule has 0 amide bonds. The first-order chi connectivity index (χ1) is 7.09. The molecule has 78 valence electrons. The number of rotatable bonds is 1. The zero-order valence-electron chi connectivity index (χ0n) is 8.95. The Morgan fingerprint density at radius 2 is 1.93 bits per heavy atom. The number of aromatic nitrogens is 3. The summed E-state index contributed by atoms with van der Waals surface area (Å²) in [5.41, 5.74) is 3.34.